The van der Waals surface area contributed by atoms with Crippen LogP contribution in [0.5, 0.6) is 5.75 Å². The highest BCUT2D eigenvalue weighted by atomic mass is 32.2. The van der Waals surface area contributed by atoms with Gasteiger partial charge in [-0.25, -0.2) is 0 Å². The van der Waals surface area contributed by atoms with E-state index in [1.54, 1.807) is 7.11 Å². The third-order valence-corrected chi connectivity index (χ3v) is 9.56. The van der Waals surface area contributed by atoms with Crippen LogP contribution in [0.4, 0.5) is 0 Å². The van der Waals surface area contributed by atoms with E-state index in [0.717, 1.165) is 17.7 Å². The number of rotatable bonds is 5. The Kier molecular flexibility index (Phi) is 6.41. The Morgan fingerprint density at radius 3 is 2.18 bits per heavy atom. The van der Waals surface area contributed by atoms with Gasteiger partial charge in [-0.1, -0.05) is 78.9 Å². The van der Waals surface area contributed by atoms with Crippen LogP contribution in [-0.4, -0.2) is 46.6 Å². The molecule has 0 bridgehead atoms. The Morgan fingerprint density at radius 2 is 1.56 bits per heavy atom. The highest BCUT2D eigenvalue weighted by Crippen LogP contribution is 2.51. The molecule has 0 saturated carbocycles. The first-order valence-electron chi connectivity index (χ1n) is 12.0. The Morgan fingerprint density at radius 1 is 0.971 bits per heavy atom. The molecule has 0 N–H and O–H groups in total. The molecule has 5 rings (SSSR count). The van der Waals surface area contributed by atoms with Crippen LogP contribution in [0.1, 0.15) is 36.0 Å². The zero-order chi connectivity index (χ0) is 23.7. The highest BCUT2D eigenvalue weighted by molar-refractivity contribution is 7.92. The normalized spacial score (nSPS) is 24.3. The van der Waals surface area contributed by atoms with Gasteiger partial charge in [0.1, 0.15) is 16.8 Å². The lowest BCUT2D eigenvalue weighted by Gasteiger charge is -2.46. The molecule has 176 valence electrons. The van der Waals surface area contributed by atoms with E-state index in [1.165, 1.54) is 11.1 Å². The standard InChI is InChI=1S/C29H31NO3S/c1-21(24-15-9-10-16-26(24)33-2)28(31)30-19-25-27(20-30)34(32)18-17-29(25,22-11-5-3-6-12-22)23-13-7-4-8-14-23/h3-16,21,25,27H,17-20H2,1-2H3/t21-,25+,27-,34+/m0/s1. The van der Waals surface area contributed by atoms with Gasteiger partial charge >= 0.3 is 0 Å². The Hall–Kier alpha value is -2.76. The minimum atomic E-state index is -0.959. The number of fused-ring (bicyclic) bond motifs is 1. The number of amides is 1. The van der Waals surface area contributed by atoms with Crippen LogP contribution in [0.2, 0.25) is 0 Å². The minimum absolute atomic E-state index is 0.0389. The van der Waals surface area contributed by atoms with Crippen molar-refractivity contribution in [2.45, 2.75) is 29.9 Å². The second kappa shape index (κ2) is 9.47. The number of carbonyl (C=O) groups is 1. The van der Waals surface area contributed by atoms with Crippen molar-refractivity contribution in [1.29, 1.82) is 0 Å². The summed E-state index contributed by atoms with van der Waals surface area (Å²) in [6, 6.07) is 28.9. The van der Waals surface area contributed by atoms with E-state index in [0.29, 0.717) is 18.8 Å². The molecule has 0 aromatic heterocycles. The lowest BCUT2D eigenvalue weighted by molar-refractivity contribution is -0.131. The van der Waals surface area contributed by atoms with Crippen LogP contribution >= 0.6 is 0 Å². The fourth-order valence-corrected chi connectivity index (χ4v) is 7.93. The zero-order valence-corrected chi connectivity index (χ0v) is 20.5. The van der Waals surface area contributed by atoms with E-state index in [4.69, 9.17) is 4.74 Å². The Balaban J connectivity index is 1.52. The highest BCUT2D eigenvalue weighted by Gasteiger charge is 2.58. The van der Waals surface area contributed by atoms with Crippen LogP contribution in [0.15, 0.2) is 84.9 Å². The first-order chi connectivity index (χ1) is 16.6. The molecule has 4 nitrogen and oxygen atoms in total. The molecule has 4 atom stereocenters. The van der Waals surface area contributed by atoms with E-state index in [2.05, 4.69) is 48.5 Å². The van der Waals surface area contributed by atoms with E-state index in [-0.39, 0.29) is 28.4 Å². The van der Waals surface area contributed by atoms with Crippen LogP contribution in [0.3, 0.4) is 0 Å². The average molecular weight is 474 g/mol. The van der Waals surface area contributed by atoms with Gasteiger partial charge < -0.3 is 14.2 Å². The molecule has 3 aromatic rings. The van der Waals surface area contributed by atoms with Crippen LogP contribution in [0.25, 0.3) is 0 Å². The van der Waals surface area contributed by atoms with Crippen molar-refractivity contribution in [3.05, 3.63) is 102 Å². The third kappa shape index (κ3) is 3.81. The summed E-state index contributed by atoms with van der Waals surface area (Å²) in [7, 11) is 1.64. The molecule has 0 unspecified atom stereocenters. The summed E-state index contributed by atoms with van der Waals surface area (Å²) >= 11 is -0.959. The number of ether oxygens (including phenoxy) is 1. The molecule has 2 fully saturated rings. The van der Waals surface area contributed by atoms with Crippen molar-refractivity contribution in [2.24, 2.45) is 5.92 Å². The van der Waals surface area contributed by atoms with E-state index in [1.807, 2.05) is 48.2 Å². The predicted molar refractivity (Wildman–Crippen MR) is 137 cm³/mol. The summed E-state index contributed by atoms with van der Waals surface area (Å²) in [5.41, 5.74) is 3.13. The summed E-state index contributed by atoms with van der Waals surface area (Å²) in [4.78, 5) is 15.7. The molecule has 2 aliphatic rings. The maximum absolute atomic E-state index is 13.7. The maximum atomic E-state index is 13.7. The molecular formula is C29H31NO3S. The second-order valence-electron chi connectivity index (χ2n) is 9.39. The zero-order valence-electron chi connectivity index (χ0n) is 19.7. The smallest absolute Gasteiger partial charge is 0.230 e. The van der Waals surface area contributed by atoms with Gasteiger partial charge in [-0.2, -0.15) is 0 Å². The quantitative estimate of drug-likeness (QED) is 0.502. The lowest BCUT2D eigenvalue weighted by atomic mass is 9.63. The predicted octanol–water partition coefficient (Wildman–Crippen LogP) is 4.76. The minimum Gasteiger partial charge on any atom is -0.616 e. The van der Waals surface area contributed by atoms with Gasteiger partial charge in [-0.15, -0.1) is 0 Å². The number of carbonyl (C=O) groups excluding carboxylic acids is 1. The largest absolute Gasteiger partial charge is 0.616 e. The van der Waals surface area contributed by atoms with Crippen LogP contribution in [0, 0.1) is 5.92 Å². The number of benzene rings is 3. The summed E-state index contributed by atoms with van der Waals surface area (Å²) in [6.07, 6.45) is 0.818. The summed E-state index contributed by atoms with van der Waals surface area (Å²) in [5, 5.41) is -0.0389. The van der Waals surface area contributed by atoms with Crippen molar-refractivity contribution in [2.75, 3.05) is 26.0 Å². The molecule has 3 aromatic carbocycles. The molecule has 0 radical (unpaired) electrons. The molecule has 34 heavy (non-hydrogen) atoms. The van der Waals surface area contributed by atoms with E-state index < -0.39 is 11.2 Å². The number of likely N-dealkylation sites (tertiary alicyclic amines) is 1. The molecule has 0 spiro atoms. The topological polar surface area (TPSA) is 52.6 Å². The molecular weight excluding hydrogens is 442 g/mol. The molecule has 2 heterocycles. The van der Waals surface area contributed by atoms with E-state index in [9.17, 15) is 9.35 Å². The summed E-state index contributed by atoms with van der Waals surface area (Å²) in [6.45, 7) is 3.09. The molecule has 2 saturated heterocycles. The summed E-state index contributed by atoms with van der Waals surface area (Å²) in [5.74, 6) is 1.22. The van der Waals surface area contributed by atoms with Crippen molar-refractivity contribution in [1.82, 2.24) is 4.90 Å². The van der Waals surface area contributed by atoms with Crippen LogP contribution in [-0.2, 0) is 21.4 Å². The number of hydrogen-bond acceptors (Lipinski definition) is 3. The van der Waals surface area contributed by atoms with Gasteiger partial charge in [0, 0.05) is 29.9 Å². The van der Waals surface area contributed by atoms with Crippen molar-refractivity contribution in [3.8, 4) is 5.75 Å². The van der Waals surface area contributed by atoms with E-state index >= 15 is 0 Å². The van der Waals surface area contributed by atoms with Gasteiger partial charge in [0.25, 0.3) is 0 Å². The molecule has 0 aliphatic carbocycles. The number of para-hydroxylation sites is 1. The van der Waals surface area contributed by atoms with Gasteiger partial charge in [-0.3, -0.25) is 4.79 Å². The number of nitrogens with zero attached hydrogens (tertiary/aromatic N) is 1. The number of methoxy groups -OCH3 is 1. The second-order valence-corrected chi connectivity index (χ2v) is 11.2. The Labute approximate surface area is 205 Å². The molecule has 5 heteroatoms. The van der Waals surface area contributed by atoms with Gasteiger partial charge in [0.05, 0.1) is 19.6 Å². The van der Waals surface area contributed by atoms with Crippen molar-refractivity contribution in [3.63, 3.8) is 0 Å². The van der Waals surface area contributed by atoms with Crippen LogP contribution < -0.4 is 4.74 Å². The molecule has 2 aliphatic heterocycles. The number of hydrogen-bond donors (Lipinski definition) is 0. The fraction of sp³-hybridized carbons (Fsp3) is 0.345. The first kappa shape index (κ1) is 23.0. The fourth-order valence-electron chi connectivity index (χ4n) is 6.08. The van der Waals surface area contributed by atoms with Gasteiger partial charge in [0.2, 0.25) is 5.91 Å². The molecule has 1 amide bonds. The van der Waals surface area contributed by atoms with Gasteiger partial charge in [0.15, 0.2) is 0 Å². The average Bonchev–Trinajstić information content (AvgIpc) is 3.36. The van der Waals surface area contributed by atoms with Crippen molar-refractivity contribution >= 4 is 17.1 Å². The lowest BCUT2D eigenvalue weighted by Crippen LogP contribution is -2.51. The maximum Gasteiger partial charge on any atom is 0.230 e. The monoisotopic (exact) mass is 473 g/mol. The third-order valence-electron chi connectivity index (χ3n) is 7.80. The van der Waals surface area contributed by atoms with Gasteiger partial charge in [-0.05, 0) is 35.3 Å². The SMILES string of the molecule is COc1ccccc1[C@H](C)C(=O)N1C[C@@H]2[C@H](C1)[S@+]([O-])CCC2(c1ccccc1)c1ccccc1. The summed E-state index contributed by atoms with van der Waals surface area (Å²) < 4.78 is 18.8. The Bertz CT molecular complexity index is 1100. The first-order valence-corrected chi connectivity index (χ1v) is 13.3. The van der Waals surface area contributed by atoms with Crippen molar-refractivity contribution < 1.29 is 14.1 Å².